The standard InChI is InChI=1S/C13H9BrFN3O/c1-19-11-5-4-10-13(17-11)18-12(16-10)8-3-2-7(15)6-9(8)14/h2-6H,1H3,(H,16,17,18). The number of aromatic amines is 1. The molecular formula is C13H9BrFN3O. The van der Waals surface area contributed by atoms with Crippen molar-refractivity contribution in [1.82, 2.24) is 15.0 Å². The first kappa shape index (κ1) is 12.1. The summed E-state index contributed by atoms with van der Waals surface area (Å²) in [4.78, 5) is 11.8. The molecule has 0 unspecified atom stereocenters. The third kappa shape index (κ3) is 2.19. The molecule has 2 heterocycles. The van der Waals surface area contributed by atoms with Gasteiger partial charge in [-0.1, -0.05) is 0 Å². The van der Waals surface area contributed by atoms with E-state index >= 15 is 0 Å². The molecule has 6 heteroatoms. The van der Waals surface area contributed by atoms with Gasteiger partial charge in [0.25, 0.3) is 0 Å². The van der Waals surface area contributed by atoms with Crippen LogP contribution in [0.4, 0.5) is 4.39 Å². The van der Waals surface area contributed by atoms with Gasteiger partial charge in [-0.05, 0) is 40.2 Å². The first-order valence-corrected chi connectivity index (χ1v) is 6.33. The molecule has 0 radical (unpaired) electrons. The lowest BCUT2D eigenvalue weighted by Crippen LogP contribution is -1.86. The van der Waals surface area contributed by atoms with Gasteiger partial charge in [-0.3, -0.25) is 0 Å². The first-order valence-electron chi connectivity index (χ1n) is 5.53. The maximum absolute atomic E-state index is 13.1. The molecule has 0 amide bonds. The van der Waals surface area contributed by atoms with Gasteiger partial charge < -0.3 is 9.72 Å². The normalized spacial score (nSPS) is 10.9. The maximum Gasteiger partial charge on any atom is 0.215 e. The molecule has 96 valence electrons. The minimum absolute atomic E-state index is 0.300. The van der Waals surface area contributed by atoms with Crippen LogP contribution in [0.25, 0.3) is 22.6 Å². The zero-order chi connectivity index (χ0) is 13.4. The van der Waals surface area contributed by atoms with Crippen molar-refractivity contribution in [1.29, 1.82) is 0 Å². The third-order valence-corrected chi connectivity index (χ3v) is 3.37. The van der Waals surface area contributed by atoms with Crippen LogP contribution in [0, 0.1) is 5.82 Å². The number of hydrogen-bond acceptors (Lipinski definition) is 3. The fraction of sp³-hybridized carbons (Fsp3) is 0.0769. The van der Waals surface area contributed by atoms with E-state index in [1.165, 1.54) is 12.1 Å². The number of nitrogens with one attached hydrogen (secondary N) is 1. The summed E-state index contributed by atoms with van der Waals surface area (Å²) in [5.74, 6) is 0.831. The quantitative estimate of drug-likeness (QED) is 0.785. The summed E-state index contributed by atoms with van der Waals surface area (Å²) in [6.45, 7) is 0. The van der Waals surface area contributed by atoms with Gasteiger partial charge in [0.05, 0.1) is 12.6 Å². The molecule has 3 rings (SSSR count). The molecular weight excluding hydrogens is 313 g/mol. The largest absolute Gasteiger partial charge is 0.481 e. The van der Waals surface area contributed by atoms with E-state index in [-0.39, 0.29) is 5.82 Å². The van der Waals surface area contributed by atoms with Crippen LogP contribution in [-0.2, 0) is 0 Å². The lowest BCUT2D eigenvalue weighted by molar-refractivity contribution is 0.399. The highest BCUT2D eigenvalue weighted by atomic mass is 79.9. The Balaban J connectivity index is 2.14. The van der Waals surface area contributed by atoms with Gasteiger partial charge >= 0.3 is 0 Å². The molecule has 3 aromatic rings. The second kappa shape index (κ2) is 4.62. The van der Waals surface area contributed by atoms with Crippen LogP contribution in [-0.4, -0.2) is 22.1 Å². The Morgan fingerprint density at radius 2 is 2.05 bits per heavy atom. The Kier molecular flexibility index (Phi) is 2.94. The highest BCUT2D eigenvalue weighted by Crippen LogP contribution is 2.28. The fourth-order valence-corrected chi connectivity index (χ4v) is 2.34. The van der Waals surface area contributed by atoms with Gasteiger partial charge in [0.1, 0.15) is 11.6 Å². The molecule has 0 bridgehead atoms. The Morgan fingerprint density at radius 3 is 2.79 bits per heavy atom. The van der Waals surface area contributed by atoms with Crippen LogP contribution in [0.2, 0.25) is 0 Å². The van der Waals surface area contributed by atoms with E-state index in [2.05, 4.69) is 30.9 Å². The van der Waals surface area contributed by atoms with Crippen LogP contribution < -0.4 is 4.74 Å². The minimum Gasteiger partial charge on any atom is -0.481 e. The summed E-state index contributed by atoms with van der Waals surface area (Å²) in [5.41, 5.74) is 2.14. The molecule has 1 aromatic carbocycles. The second-order valence-electron chi connectivity index (χ2n) is 3.93. The van der Waals surface area contributed by atoms with Crippen molar-refractivity contribution in [2.24, 2.45) is 0 Å². The monoisotopic (exact) mass is 321 g/mol. The number of methoxy groups -OCH3 is 1. The van der Waals surface area contributed by atoms with E-state index in [0.717, 1.165) is 11.1 Å². The Labute approximate surface area is 116 Å². The first-order chi connectivity index (χ1) is 9.17. The molecule has 2 aromatic heterocycles. The van der Waals surface area contributed by atoms with E-state index < -0.39 is 0 Å². The molecule has 0 aliphatic rings. The lowest BCUT2D eigenvalue weighted by atomic mass is 10.2. The predicted octanol–water partition coefficient (Wildman–Crippen LogP) is 3.54. The number of H-pyrrole nitrogens is 1. The molecule has 0 aliphatic carbocycles. The molecule has 0 aliphatic heterocycles. The second-order valence-corrected chi connectivity index (χ2v) is 4.79. The van der Waals surface area contributed by atoms with Crippen LogP contribution in [0.3, 0.4) is 0 Å². The van der Waals surface area contributed by atoms with Crippen LogP contribution >= 0.6 is 15.9 Å². The zero-order valence-corrected chi connectivity index (χ0v) is 11.5. The molecule has 1 N–H and O–H groups in total. The van der Waals surface area contributed by atoms with E-state index in [0.29, 0.717) is 21.8 Å². The maximum atomic E-state index is 13.1. The van der Waals surface area contributed by atoms with Gasteiger partial charge in [-0.2, -0.15) is 4.98 Å². The van der Waals surface area contributed by atoms with E-state index in [1.807, 2.05) is 6.07 Å². The summed E-state index contributed by atoms with van der Waals surface area (Å²) in [6.07, 6.45) is 0. The molecule has 0 spiro atoms. The smallest absolute Gasteiger partial charge is 0.215 e. The Morgan fingerprint density at radius 1 is 1.21 bits per heavy atom. The number of hydrogen-bond donors (Lipinski definition) is 1. The van der Waals surface area contributed by atoms with Crippen LogP contribution in [0.1, 0.15) is 0 Å². The minimum atomic E-state index is -0.300. The third-order valence-electron chi connectivity index (χ3n) is 2.72. The number of benzene rings is 1. The van der Waals surface area contributed by atoms with Crippen molar-refractivity contribution < 1.29 is 9.13 Å². The van der Waals surface area contributed by atoms with Crippen LogP contribution in [0.5, 0.6) is 5.88 Å². The summed E-state index contributed by atoms with van der Waals surface area (Å²) in [7, 11) is 1.55. The van der Waals surface area contributed by atoms with Gasteiger partial charge in [0.15, 0.2) is 5.65 Å². The van der Waals surface area contributed by atoms with Gasteiger partial charge in [-0.15, -0.1) is 0 Å². The summed E-state index contributed by atoms with van der Waals surface area (Å²) < 4.78 is 18.8. The number of rotatable bonds is 2. The average molecular weight is 322 g/mol. The van der Waals surface area contributed by atoms with Gasteiger partial charge in [0, 0.05) is 16.1 Å². The lowest BCUT2D eigenvalue weighted by Gasteiger charge is -1.99. The molecule has 0 saturated carbocycles. The number of pyridine rings is 1. The molecule has 4 nitrogen and oxygen atoms in total. The Hall–Kier alpha value is -1.95. The summed E-state index contributed by atoms with van der Waals surface area (Å²) >= 11 is 3.32. The van der Waals surface area contributed by atoms with Crippen molar-refractivity contribution in [2.45, 2.75) is 0 Å². The van der Waals surface area contributed by atoms with Crippen molar-refractivity contribution in [2.75, 3.05) is 7.11 Å². The summed E-state index contributed by atoms with van der Waals surface area (Å²) in [6, 6.07) is 8.05. The van der Waals surface area contributed by atoms with Crippen molar-refractivity contribution in [3.8, 4) is 17.3 Å². The van der Waals surface area contributed by atoms with E-state index in [1.54, 1.807) is 19.2 Å². The average Bonchev–Trinajstić information content (AvgIpc) is 2.80. The number of imidazole rings is 1. The SMILES string of the molecule is COc1ccc2[nH]c(-c3ccc(F)cc3Br)nc2n1. The molecule has 0 atom stereocenters. The van der Waals surface area contributed by atoms with Crippen molar-refractivity contribution in [3.63, 3.8) is 0 Å². The van der Waals surface area contributed by atoms with Gasteiger partial charge in [-0.25, -0.2) is 9.37 Å². The number of ether oxygens (including phenoxy) is 1. The molecule has 0 fully saturated rings. The molecule has 19 heavy (non-hydrogen) atoms. The van der Waals surface area contributed by atoms with Crippen molar-refractivity contribution in [3.05, 3.63) is 40.6 Å². The topological polar surface area (TPSA) is 50.8 Å². The van der Waals surface area contributed by atoms with Crippen molar-refractivity contribution >= 4 is 27.1 Å². The number of aromatic nitrogens is 3. The summed E-state index contributed by atoms with van der Waals surface area (Å²) in [5, 5.41) is 0. The van der Waals surface area contributed by atoms with E-state index in [9.17, 15) is 4.39 Å². The molecule has 0 saturated heterocycles. The predicted molar refractivity (Wildman–Crippen MR) is 73.5 cm³/mol. The Bertz CT molecular complexity index is 757. The van der Waals surface area contributed by atoms with Crippen LogP contribution in [0.15, 0.2) is 34.8 Å². The number of nitrogens with zero attached hydrogens (tertiary/aromatic N) is 2. The number of halogens is 2. The highest BCUT2D eigenvalue weighted by Gasteiger charge is 2.10. The fourth-order valence-electron chi connectivity index (χ4n) is 1.80. The number of fused-ring (bicyclic) bond motifs is 1. The zero-order valence-electron chi connectivity index (χ0n) is 9.95. The highest BCUT2D eigenvalue weighted by molar-refractivity contribution is 9.10. The van der Waals surface area contributed by atoms with E-state index in [4.69, 9.17) is 4.74 Å². The van der Waals surface area contributed by atoms with Gasteiger partial charge in [0.2, 0.25) is 5.88 Å².